The standard InChI is InChI=1S/C17H21ClN2O4S/c1-20(10-15(21)19-13-4-5-13)16(22)11-24-17(23)8-9-25-14-6-2-12(18)3-7-14/h2-3,6-7,13H,4-5,8-11H2,1H3,(H,19,21). The van der Waals surface area contributed by atoms with E-state index in [4.69, 9.17) is 16.3 Å². The van der Waals surface area contributed by atoms with Crippen LogP contribution in [0.25, 0.3) is 0 Å². The second-order valence-electron chi connectivity index (χ2n) is 5.80. The van der Waals surface area contributed by atoms with E-state index in [0.717, 1.165) is 17.7 Å². The fourth-order valence-corrected chi connectivity index (χ4v) is 2.87. The molecule has 1 saturated carbocycles. The van der Waals surface area contributed by atoms with Crippen molar-refractivity contribution < 1.29 is 19.1 Å². The molecule has 1 aliphatic carbocycles. The minimum absolute atomic E-state index is 0.0285. The van der Waals surface area contributed by atoms with Crippen LogP contribution in [-0.2, 0) is 19.1 Å². The second kappa shape index (κ2) is 9.68. The Balaban J connectivity index is 1.58. The van der Waals surface area contributed by atoms with Gasteiger partial charge in [0.2, 0.25) is 5.91 Å². The number of nitrogens with zero attached hydrogens (tertiary/aromatic N) is 1. The van der Waals surface area contributed by atoms with Crippen LogP contribution in [0.1, 0.15) is 19.3 Å². The van der Waals surface area contributed by atoms with Gasteiger partial charge in [0.25, 0.3) is 5.91 Å². The van der Waals surface area contributed by atoms with E-state index in [1.54, 1.807) is 12.1 Å². The number of carbonyl (C=O) groups is 3. The lowest BCUT2D eigenvalue weighted by Crippen LogP contribution is -2.40. The van der Waals surface area contributed by atoms with Crippen LogP contribution < -0.4 is 5.32 Å². The SMILES string of the molecule is CN(CC(=O)NC1CC1)C(=O)COC(=O)CCSc1ccc(Cl)cc1. The fraction of sp³-hybridized carbons (Fsp3) is 0.471. The van der Waals surface area contributed by atoms with E-state index in [2.05, 4.69) is 5.32 Å². The van der Waals surface area contributed by atoms with Crippen LogP contribution in [0.5, 0.6) is 0 Å². The second-order valence-corrected chi connectivity index (χ2v) is 7.41. The van der Waals surface area contributed by atoms with E-state index in [0.29, 0.717) is 10.8 Å². The van der Waals surface area contributed by atoms with E-state index in [-0.39, 0.29) is 31.5 Å². The highest BCUT2D eigenvalue weighted by Crippen LogP contribution is 2.21. The molecule has 0 bridgehead atoms. The van der Waals surface area contributed by atoms with Gasteiger partial charge in [-0.25, -0.2) is 0 Å². The highest BCUT2D eigenvalue weighted by atomic mass is 35.5. The zero-order chi connectivity index (χ0) is 18.2. The van der Waals surface area contributed by atoms with Crippen LogP contribution in [0.4, 0.5) is 0 Å². The number of esters is 1. The molecule has 2 amide bonds. The molecule has 0 unspecified atom stereocenters. The van der Waals surface area contributed by atoms with Crippen molar-refractivity contribution in [2.24, 2.45) is 0 Å². The molecular weight excluding hydrogens is 364 g/mol. The monoisotopic (exact) mass is 384 g/mol. The number of nitrogens with one attached hydrogen (secondary N) is 1. The summed E-state index contributed by atoms with van der Waals surface area (Å²) < 4.78 is 4.96. The predicted molar refractivity (Wildman–Crippen MR) is 96.6 cm³/mol. The molecule has 0 radical (unpaired) electrons. The van der Waals surface area contributed by atoms with Crippen LogP contribution in [0.2, 0.25) is 5.02 Å². The first kappa shape index (κ1) is 19.6. The third kappa shape index (κ3) is 7.79. The molecule has 0 atom stereocenters. The molecule has 0 heterocycles. The number of rotatable bonds is 9. The lowest BCUT2D eigenvalue weighted by atomic mass is 10.4. The van der Waals surface area contributed by atoms with Crippen LogP contribution >= 0.6 is 23.4 Å². The van der Waals surface area contributed by atoms with E-state index in [1.807, 2.05) is 12.1 Å². The lowest BCUT2D eigenvalue weighted by molar-refractivity contribution is -0.151. The van der Waals surface area contributed by atoms with Crippen molar-refractivity contribution in [1.29, 1.82) is 0 Å². The maximum absolute atomic E-state index is 11.9. The Labute approximate surface area is 156 Å². The molecule has 0 aromatic heterocycles. The van der Waals surface area contributed by atoms with Gasteiger partial charge in [0.1, 0.15) is 0 Å². The number of likely N-dealkylation sites (N-methyl/N-ethyl adjacent to an activating group) is 1. The number of benzene rings is 1. The van der Waals surface area contributed by atoms with Crippen molar-refractivity contribution in [3.8, 4) is 0 Å². The zero-order valence-electron chi connectivity index (χ0n) is 14.0. The van der Waals surface area contributed by atoms with Crippen molar-refractivity contribution in [3.63, 3.8) is 0 Å². The van der Waals surface area contributed by atoms with Gasteiger partial charge in [-0.15, -0.1) is 11.8 Å². The average molecular weight is 385 g/mol. The molecule has 1 fully saturated rings. The van der Waals surface area contributed by atoms with E-state index < -0.39 is 11.9 Å². The maximum Gasteiger partial charge on any atom is 0.307 e. The van der Waals surface area contributed by atoms with Gasteiger partial charge in [0.15, 0.2) is 6.61 Å². The molecule has 8 heteroatoms. The highest BCUT2D eigenvalue weighted by molar-refractivity contribution is 7.99. The molecular formula is C17H21ClN2O4S. The minimum Gasteiger partial charge on any atom is -0.456 e. The molecule has 0 spiro atoms. The largest absolute Gasteiger partial charge is 0.456 e. The van der Waals surface area contributed by atoms with Crippen LogP contribution in [0.15, 0.2) is 29.2 Å². The van der Waals surface area contributed by atoms with Crippen LogP contribution in [0, 0.1) is 0 Å². The van der Waals surface area contributed by atoms with Gasteiger partial charge in [0, 0.05) is 28.8 Å². The number of thioether (sulfide) groups is 1. The summed E-state index contributed by atoms with van der Waals surface area (Å²) in [6.45, 7) is -0.378. The summed E-state index contributed by atoms with van der Waals surface area (Å²) in [5.41, 5.74) is 0. The Bertz CT molecular complexity index is 620. The Morgan fingerprint density at radius 2 is 1.96 bits per heavy atom. The number of amides is 2. The number of halogens is 1. The first-order valence-corrected chi connectivity index (χ1v) is 9.37. The summed E-state index contributed by atoms with van der Waals surface area (Å²) in [6, 6.07) is 7.59. The van der Waals surface area contributed by atoms with Crippen molar-refractivity contribution >= 4 is 41.1 Å². The van der Waals surface area contributed by atoms with Crippen LogP contribution in [0.3, 0.4) is 0 Å². The predicted octanol–water partition coefficient (Wildman–Crippen LogP) is 2.10. The summed E-state index contributed by atoms with van der Waals surface area (Å²) in [4.78, 5) is 37.4. The van der Waals surface area contributed by atoms with Crippen molar-refractivity contribution in [3.05, 3.63) is 29.3 Å². The van der Waals surface area contributed by atoms with E-state index >= 15 is 0 Å². The molecule has 0 saturated heterocycles. The molecule has 1 aliphatic rings. The van der Waals surface area contributed by atoms with Gasteiger partial charge in [0.05, 0.1) is 13.0 Å². The maximum atomic E-state index is 11.9. The summed E-state index contributed by atoms with van der Waals surface area (Å²) >= 11 is 7.32. The summed E-state index contributed by atoms with van der Waals surface area (Å²) in [6.07, 6.45) is 2.19. The molecule has 136 valence electrons. The van der Waals surface area contributed by atoms with Gasteiger partial charge in [-0.1, -0.05) is 11.6 Å². The Morgan fingerprint density at radius 1 is 1.28 bits per heavy atom. The highest BCUT2D eigenvalue weighted by Gasteiger charge is 2.24. The molecule has 0 aliphatic heterocycles. The minimum atomic E-state index is -0.439. The zero-order valence-corrected chi connectivity index (χ0v) is 15.6. The van der Waals surface area contributed by atoms with Crippen molar-refractivity contribution in [2.45, 2.75) is 30.2 Å². The lowest BCUT2D eigenvalue weighted by Gasteiger charge is -2.16. The number of hydrogen-bond acceptors (Lipinski definition) is 5. The van der Waals surface area contributed by atoms with Crippen molar-refractivity contribution in [1.82, 2.24) is 10.2 Å². The van der Waals surface area contributed by atoms with Gasteiger partial charge >= 0.3 is 5.97 Å². The van der Waals surface area contributed by atoms with Gasteiger partial charge in [-0.3, -0.25) is 14.4 Å². The third-order valence-electron chi connectivity index (χ3n) is 3.49. The summed E-state index contributed by atoms with van der Waals surface area (Å²) in [5, 5.41) is 3.46. The molecule has 25 heavy (non-hydrogen) atoms. The number of ether oxygens (including phenoxy) is 1. The number of carbonyl (C=O) groups excluding carboxylic acids is 3. The molecule has 1 aromatic carbocycles. The summed E-state index contributed by atoms with van der Waals surface area (Å²) in [7, 11) is 1.51. The smallest absolute Gasteiger partial charge is 0.307 e. The Kier molecular flexibility index (Phi) is 7.58. The van der Waals surface area contributed by atoms with Gasteiger partial charge in [-0.2, -0.15) is 0 Å². The number of hydrogen-bond donors (Lipinski definition) is 1. The third-order valence-corrected chi connectivity index (χ3v) is 4.76. The molecule has 1 aromatic rings. The quantitative estimate of drug-likeness (QED) is 0.521. The average Bonchev–Trinajstić information content (AvgIpc) is 3.38. The van der Waals surface area contributed by atoms with Crippen LogP contribution in [-0.4, -0.2) is 54.7 Å². The van der Waals surface area contributed by atoms with Crippen molar-refractivity contribution in [2.75, 3.05) is 26.0 Å². The van der Waals surface area contributed by atoms with E-state index in [9.17, 15) is 14.4 Å². The normalized spacial score (nSPS) is 13.2. The first-order valence-electron chi connectivity index (χ1n) is 8.01. The summed E-state index contributed by atoms with van der Waals surface area (Å²) in [5.74, 6) is -0.479. The molecule has 1 N–H and O–H groups in total. The van der Waals surface area contributed by atoms with E-state index in [1.165, 1.54) is 23.7 Å². The van der Waals surface area contributed by atoms with Gasteiger partial charge in [-0.05, 0) is 37.1 Å². The molecule has 2 rings (SSSR count). The fourth-order valence-electron chi connectivity index (χ4n) is 1.91. The first-order chi connectivity index (χ1) is 11.9. The Hall–Kier alpha value is -1.73. The topological polar surface area (TPSA) is 75.7 Å². The molecule has 6 nitrogen and oxygen atoms in total. The van der Waals surface area contributed by atoms with Gasteiger partial charge < -0.3 is 15.0 Å². The Morgan fingerprint density at radius 3 is 2.60 bits per heavy atom.